The molecule has 3 heterocycles. The van der Waals surface area contributed by atoms with Crippen LogP contribution in [-0.4, -0.2) is 63.5 Å². The van der Waals surface area contributed by atoms with Crippen LogP contribution in [0.4, 0.5) is 11.4 Å². The van der Waals surface area contributed by atoms with E-state index in [1.807, 2.05) is 42.0 Å². The molecule has 0 bridgehead atoms. The summed E-state index contributed by atoms with van der Waals surface area (Å²) < 4.78 is 3.01. The van der Waals surface area contributed by atoms with Gasteiger partial charge in [-0.1, -0.05) is 26.0 Å². The van der Waals surface area contributed by atoms with Crippen molar-refractivity contribution in [2.75, 3.05) is 43.6 Å². The summed E-state index contributed by atoms with van der Waals surface area (Å²) in [5.41, 5.74) is 5.52. The van der Waals surface area contributed by atoms with Crippen molar-refractivity contribution in [3.05, 3.63) is 48.8 Å². The number of hydrogen-bond acceptors (Lipinski definition) is 6. The fraction of sp³-hybridized carbons (Fsp3) is 0.423. The van der Waals surface area contributed by atoms with Crippen molar-refractivity contribution in [3.63, 3.8) is 0 Å². The Bertz CT molecular complexity index is 1140. The molecule has 2 aliphatic rings. The Labute approximate surface area is 210 Å². The molecule has 0 atom stereocenters. The monoisotopic (exact) mass is 495 g/mol. The first-order valence-corrected chi connectivity index (χ1v) is 14.4. The van der Waals surface area contributed by atoms with Crippen LogP contribution in [0.5, 0.6) is 0 Å². The van der Waals surface area contributed by atoms with E-state index in [1.54, 1.807) is 23.5 Å². The molecular formula is C26H33N5OS2. The minimum atomic E-state index is 0.299. The summed E-state index contributed by atoms with van der Waals surface area (Å²) in [7, 11) is 0. The van der Waals surface area contributed by atoms with Crippen molar-refractivity contribution in [2.24, 2.45) is 10.9 Å². The van der Waals surface area contributed by atoms with Crippen LogP contribution in [0, 0.1) is 5.92 Å². The number of thioether (sulfide) groups is 2. The van der Waals surface area contributed by atoms with Gasteiger partial charge in [-0.2, -0.15) is 5.10 Å². The predicted molar refractivity (Wildman–Crippen MR) is 148 cm³/mol. The summed E-state index contributed by atoms with van der Waals surface area (Å²) in [4.78, 5) is 21.5. The van der Waals surface area contributed by atoms with E-state index in [0.29, 0.717) is 11.8 Å². The Morgan fingerprint density at radius 1 is 0.971 bits per heavy atom. The highest BCUT2D eigenvalue weighted by molar-refractivity contribution is 8.38. The van der Waals surface area contributed by atoms with Gasteiger partial charge in [-0.3, -0.25) is 4.79 Å². The number of anilines is 1. The highest BCUT2D eigenvalue weighted by Gasteiger charge is 2.34. The summed E-state index contributed by atoms with van der Waals surface area (Å²) in [6, 6.07) is 12.7. The minimum Gasteiger partial charge on any atom is -0.366 e. The lowest BCUT2D eigenvalue weighted by atomic mass is 10.1. The first kappa shape index (κ1) is 24.7. The molecule has 1 aliphatic heterocycles. The molecule has 0 unspecified atom stereocenters. The third kappa shape index (κ3) is 5.44. The highest BCUT2D eigenvalue weighted by atomic mass is 32.2. The first-order valence-electron chi connectivity index (χ1n) is 11.9. The van der Waals surface area contributed by atoms with E-state index in [4.69, 9.17) is 0 Å². The SMILES string of the molecule is CC.CSC(=Nc1ccc(-c2cc3c(N4CCN(C(=O)C5CC5)CC4)ccnn3c2)cc1)SC. The number of piperazine rings is 1. The van der Waals surface area contributed by atoms with Crippen LogP contribution in [-0.2, 0) is 4.79 Å². The third-order valence-corrected chi connectivity index (χ3v) is 8.00. The number of rotatable bonds is 4. The standard InChI is InChI=1S/C24H27N5OS2.C2H6/c1-31-24(32-2)26-20-7-5-17(6-8-20)19-15-22-21(9-10-25-29(22)16-19)27-11-13-28(14-12-27)23(30)18-3-4-18;1-2/h5-10,15-16,18H,3-4,11-14H2,1-2H3;1-2H3. The van der Waals surface area contributed by atoms with Gasteiger partial charge in [-0.25, -0.2) is 9.51 Å². The van der Waals surface area contributed by atoms with Crippen molar-refractivity contribution >= 4 is 50.7 Å². The Morgan fingerprint density at radius 2 is 1.65 bits per heavy atom. The number of fused-ring (bicyclic) bond motifs is 1. The quantitative estimate of drug-likeness (QED) is 0.338. The van der Waals surface area contributed by atoms with E-state index in [-0.39, 0.29) is 0 Å². The fourth-order valence-electron chi connectivity index (χ4n) is 4.19. The highest BCUT2D eigenvalue weighted by Crippen LogP contribution is 2.33. The summed E-state index contributed by atoms with van der Waals surface area (Å²) >= 11 is 3.33. The number of benzene rings is 1. The van der Waals surface area contributed by atoms with Crippen LogP contribution in [0.1, 0.15) is 26.7 Å². The van der Waals surface area contributed by atoms with Gasteiger partial charge in [0.15, 0.2) is 0 Å². The number of aromatic nitrogens is 2. The summed E-state index contributed by atoms with van der Waals surface area (Å²) in [5.74, 6) is 0.650. The Morgan fingerprint density at radius 3 is 2.26 bits per heavy atom. The summed E-state index contributed by atoms with van der Waals surface area (Å²) in [5, 5.41) is 4.53. The van der Waals surface area contributed by atoms with Gasteiger partial charge in [0.05, 0.1) is 16.9 Å². The van der Waals surface area contributed by atoms with Crippen LogP contribution in [0.25, 0.3) is 16.6 Å². The van der Waals surface area contributed by atoms with E-state index >= 15 is 0 Å². The second-order valence-corrected chi connectivity index (χ2v) is 10.0. The molecule has 0 radical (unpaired) electrons. The zero-order chi connectivity index (χ0) is 24.1. The molecule has 2 fully saturated rings. The van der Waals surface area contributed by atoms with Gasteiger partial charge in [0, 0.05) is 50.1 Å². The van der Waals surface area contributed by atoms with E-state index in [1.165, 1.54) is 5.69 Å². The van der Waals surface area contributed by atoms with Crippen LogP contribution >= 0.6 is 23.5 Å². The molecule has 1 saturated carbocycles. The van der Waals surface area contributed by atoms with E-state index in [9.17, 15) is 4.79 Å². The maximum atomic E-state index is 12.4. The van der Waals surface area contributed by atoms with Crippen LogP contribution in [0.3, 0.4) is 0 Å². The van der Waals surface area contributed by atoms with E-state index in [2.05, 4.69) is 57.6 Å². The zero-order valence-corrected chi connectivity index (χ0v) is 22.0. The minimum absolute atomic E-state index is 0.299. The predicted octanol–water partition coefficient (Wildman–Crippen LogP) is 5.80. The maximum absolute atomic E-state index is 12.4. The molecule has 1 aliphatic carbocycles. The lowest BCUT2D eigenvalue weighted by Crippen LogP contribution is -2.49. The molecule has 180 valence electrons. The van der Waals surface area contributed by atoms with Crippen molar-refractivity contribution in [3.8, 4) is 11.1 Å². The fourth-order valence-corrected chi connectivity index (χ4v) is 5.25. The average molecular weight is 496 g/mol. The number of aliphatic imine (C=N–C) groups is 1. The number of nitrogens with zero attached hydrogens (tertiary/aromatic N) is 5. The van der Waals surface area contributed by atoms with Crippen LogP contribution < -0.4 is 4.90 Å². The van der Waals surface area contributed by atoms with Crippen LogP contribution in [0.2, 0.25) is 0 Å². The smallest absolute Gasteiger partial charge is 0.225 e. The number of carbonyl (C=O) groups excluding carboxylic acids is 1. The molecule has 3 aromatic rings. The molecular weight excluding hydrogens is 462 g/mol. The largest absolute Gasteiger partial charge is 0.366 e. The van der Waals surface area contributed by atoms with Crippen LogP contribution in [0.15, 0.2) is 53.8 Å². The Balaban J connectivity index is 0.00000133. The molecule has 6 nitrogen and oxygen atoms in total. The van der Waals surface area contributed by atoms with Gasteiger partial charge in [-0.15, -0.1) is 23.5 Å². The normalized spacial score (nSPS) is 15.6. The first-order chi connectivity index (χ1) is 16.7. The van der Waals surface area contributed by atoms with Gasteiger partial charge in [0.2, 0.25) is 5.91 Å². The number of hydrogen-bond donors (Lipinski definition) is 0. The molecule has 8 heteroatoms. The van der Waals surface area contributed by atoms with E-state index < -0.39 is 0 Å². The summed E-state index contributed by atoms with van der Waals surface area (Å²) in [6.45, 7) is 7.32. The Kier molecular flexibility index (Phi) is 8.21. The Hall–Kier alpha value is -2.45. The van der Waals surface area contributed by atoms with Gasteiger partial charge in [0.1, 0.15) is 4.38 Å². The van der Waals surface area contributed by atoms with Gasteiger partial charge < -0.3 is 9.80 Å². The lowest BCUT2D eigenvalue weighted by Gasteiger charge is -2.36. The third-order valence-electron chi connectivity index (χ3n) is 6.12. The number of amides is 1. The molecule has 0 spiro atoms. The second-order valence-electron chi connectivity index (χ2n) is 8.19. The average Bonchev–Trinajstić information content (AvgIpc) is 3.66. The van der Waals surface area contributed by atoms with Crippen molar-refractivity contribution in [1.82, 2.24) is 14.5 Å². The van der Waals surface area contributed by atoms with Crippen molar-refractivity contribution < 1.29 is 4.79 Å². The van der Waals surface area contributed by atoms with E-state index in [0.717, 1.165) is 65.7 Å². The molecule has 1 saturated heterocycles. The molecule has 1 amide bonds. The maximum Gasteiger partial charge on any atom is 0.225 e. The van der Waals surface area contributed by atoms with Gasteiger partial charge in [0.25, 0.3) is 0 Å². The van der Waals surface area contributed by atoms with Gasteiger partial charge >= 0.3 is 0 Å². The lowest BCUT2D eigenvalue weighted by molar-refractivity contribution is -0.132. The molecule has 2 aromatic heterocycles. The topological polar surface area (TPSA) is 53.2 Å². The zero-order valence-electron chi connectivity index (χ0n) is 20.4. The van der Waals surface area contributed by atoms with Crippen molar-refractivity contribution in [1.29, 1.82) is 0 Å². The second kappa shape index (κ2) is 11.3. The van der Waals surface area contributed by atoms with Crippen molar-refractivity contribution in [2.45, 2.75) is 26.7 Å². The molecule has 0 N–H and O–H groups in total. The molecule has 1 aromatic carbocycles. The molecule has 34 heavy (non-hydrogen) atoms. The van der Waals surface area contributed by atoms with Gasteiger partial charge in [-0.05, 0) is 55.2 Å². The number of carbonyl (C=O) groups is 1. The summed E-state index contributed by atoms with van der Waals surface area (Å²) in [6.07, 6.45) is 10.2. The molecule has 5 rings (SSSR count).